The van der Waals surface area contributed by atoms with E-state index < -0.39 is 0 Å². The lowest BCUT2D eigenvalue weighted by atomic mass is 10.0. The summed E-state index contributed by atoms with van der Waals surface area (Å²) in [6.07, 6.45) is 0. The van der Waals surface area contributed by atoms with Crippen LogP contribution < -0.4 is 11.3 Å². The van der Waals surface area contributed by atoms with Gasteiger partial charge in [0.15, 0.2) is 0 Å². The number of nitrogens with zero attached hydrogens (tertiary/aromatic N) is 2. The Bertz CT molecular complexity index is 243. The SMILES string of the molecule is COCCN=C(NN)N1CCOCC1(C)C. The van der Waals surface area contributed by atoms with E-state index in [-0.39, 0.29) is 5.54 Å². The molecule has 0 aromatic carbocycles. The molecule has 1 aliphatic heterocycles. The smallest absolute Gasteiger partial charge is 0.209 e. The van der Waals surface area contributed by atoms with Crippen molar-refractivity contribution < 1.29 is 9.47 Å². The van der Waals surface area contributed by atoms with Crippen LogP contribution in [0.15, 0.2) is 4.99 Å². The molecule has 0 aliphatic carbocycles. The summed E-state index contributed by atoms with van der Waals surface area (Å²) in [5.41, 5.74) is 2.56. The fraction of sp³-hybridized carbons (Fsp3) is 0.900. The molecule has 0 unspecified atom stereocenters. The lowest BCUT2D eigenvalue weighted by Gasteiger charge is -2.43. The van der Waals surface area contributed by atoms with Gasteiger partial charge in [0.1, 0.15) is 0 Å². The van der Waals surface area contributed by atoms with Gasteiger partial charge in [-0.2, -0.15) is 0 Å². The number of morpholine rings is 1. The number of aliphatic imine (C=N–C) groups is 1. The Hall–Kier alpha value is -0.850. The summed E-state index contributed by atoms with van der Waals surface area (Å²) in [4.78, 5) is 6.51. The number of methoxy groups -OCH3 is 1. The molecule has 6 heteroatoms. The van der Waals surface area contributed by atoms with Crippen molar-refractivity contribution >= 4 is 5.96 Å². The van der Waals surface area contributed by atoms with E-state index in [1.165, 1.54) is 0 Å². The van der Waals surface area contributed by atoms with E-state index in [0.29, 0.717) is 32.3 Å². The molecule has 3 N–H and O–H groups in total. The molecule has 0 atom stereocenters. The molecule has 6 nitrogen and oxygen atoms in total. The van der Waals surface area contributed by atoms with Crippen LogP contribution in [0.4, 0.5) is 0 Å². The van der Waals surface area contributed by atoms with Gasteiger partial charge in [0.2, 0.25) is 5.96 Å². The van der Waals surface area contributed by atoms with E-state index in [2.05, 4.69) is 29.2 Å². The van der Waals surface area contributed by atoms with Crippen molar-refractivity contribution in [1.82, 2.24) is 10.3 Å². The molecule has 0 bridgehead atoms. The second-order valence-corrected chi connectivity index (χ2v) is 4.36. The van der Waals surface area contributed by atoms with Gasteiger partial charge < -0.3 is 14.4 Å². The molecule has 0 aromatic rings. The summed E-state index contributed by atoms with van der Waals surface area (Å²) in [5, 5.41) is 0. The molecule has 1 saturated heterocycles. The van der Waals surface area contributed by atoms with Gasteiger partial charge in [0, 0.05) is 13.7 Å². The molecule has 0 aromatic heterocycles. The number of nitrogens with two attached hydrogens (primary N) is 1. The van der Waals surface area contributed by atoms with Crippen LogP contribution in [0, 0.1) is 0 Å². The van der Waals surface area contributed by atoms with Crippen LogP contribution in [-0.4, -0.2) is 56.4 Å². The maximum absolute atomic E-state index is 5.50. The second kappa shape index (κ2) is 6.03. The first-order chi connectivity index (χ1) is 7.61. The van der Waals surface area contributed by atoms with Gasteiger partial charge in [0.05, 0.1) is 31.9 Å². The van der Waals surface area contributed by atoms with Gasteiger partial charge in [-0.3, -0.25) is 5.43 Å². The van der Waals surface area contributed by atoms with Gasteiger partial charge in [-0.1, -0.05) is 0 Å². The van der Waals surface area contributed by atoms with Crippen LogP contribution in [0.25, 0.3) is 0 Å². The summed E-state index contributed by atoms with van der Waals surface area (Å²) in [6, 6.07) is 0. The van der Waals surface area contributed by atoms with Crippen molar-refractivity contribution in [2.75, 3.05) is 40.0 Å². The van der Waals surface area contributed by atoms with Gasteiger partial charge in [0.25, 0.3) is 0 Å². The van der Waals surface area contributed by atoms with E-state index in [1.54, 1.807) is 7.11 Å². The van der Waals surface area contributed by atoms with Gasteiger partial charge in [-0.25, -0.2) is 10.8 Å². The molecule has 0 spiro atoms. The number of rotatable bonds is 3. The lowest BCUT2D eigenvalue weighted by molar-refractivity contribution is -0.0168. The zero-order chi connectivity index (χ0) is 12.0. The minimum Gasteiger partial charge on any atom is -0.383 e. The average molecular weight is 230 g/mol. The molecule has 1 rings (SSSR count). The maximum atomic E-state index is 5.50. The van der Waals surface area contributed by atoms with Crippen molar-refractivity contribution in [2.24, 2.45) is 10.8 Å². The number of hydrogen-bond acceptors (Lipinski definition) is 4. The van der Waals surface area contributed by atoms with Crippen LogP contribution in [0.5, 0.6) is 0 Å². The molecule has 0 radical (unpaired) electrons. The predicted molar refractivity (Wildman–Crippen MR) is 63.1 cm³/mol. The summed E-state index contributed by atoms with van der Waals surface area (Å²) < 4.78 is 10.4. The molecule has 1 aliphatic rings. The van der Waals surface area contributed by atoms with Crippen LogP contribution in [-0.2, 0) is 9.47 Å². The molecule has 1 fully saturated rings. The Morgan fingerprint density at radius 3 is 2.94 bits per heavy atom. The molecule has 0 saturated carbocycles. The molecule has 1 heterocycles. The van der Waals surface area contributed by atoms with Crippen LogP contribution >= 0.6 is 0 Å². The van der Waals surface area contributed by atoms with Crippen LogP contribution in [0.1, 0.15) is 13.8 Å². The highest BCUT2D eigenvalue weighted by Gasteiger charge is 2.32. The van der Waals surface area contributed by atoms with Gasteiger partial charge in [-0.15, -0.1) is 0 Å². The van der Waals surface area contributed by atoms with Crippen LogP contribution in [0.3, 0.4) is 0 Å². The van der Waals surface area contributed by atoms with E-state index in [4.69, 9.17) is 15.3 Å². The van der Waals surface area contributed by atoms with Crippen molar-refractivity contribution in [2.45, 2.75) is 19.4 Å². The predicted octanol–water partition coefficient (Wildman–Crippen LogP) is -0.437. The number of nitrogens with one attached hydrogen (secondary N) is 1. The third kappa shape index (κ3) is 3.33. The minimum absolute atomic E-state index is 0.0868. The Morgan fingerprint density at radius 2 is 2.38 bits per heavy atom. The Kier molecular flexibility index (Phi) is 4.98. The molecular weight excluding hydrogens is 208 g/mol. The van der Waals surface area contributed by atoms with Crippen molar-refractivity contribution in [3.8, 4) is 0 Å². The number of hydrazine groups is 1. The first kappa shape index (κ1) is 13.2. The fourth-order valence-corrected chi connectivity index (χ4v) is 1.70. The summed E-state index contributed by atoms with van der Waals surface area (Å²) in [6.45, 7) is 7.58. The fourth-order valence-electron chi connectivity index (χ4n) is 1.70. The number of guanidine groups is 1. The molecule has 16 heavy (non-hydrogen) atoms. The monoisotopic (exact) mass is 230 g/mol. The minimum atomic E-state index is -0.0868. The number of hydrogen-bond donors (Lipinski definition) is 2. The van der Waals surface area contributed by atoms with Crippen molar-refractivity contribution in [3.63, 3.8) is 0 Å². The second-order valence-electron chi connectivity index (χ2n) is 4.36. The Balaban J connectivity index is 2.66. The molecule has 0 amide bonds. The normalized spacial score (nSPS) is 21.0. The third-order valence-corrected chi connectivity index (χ3v) is 2.59. The maximum Gasteiger partial charge on any atom is 0.209 e. The first-order valence-corrected chi connectivity index (χ1v) is 5.47. The Labute approximate surface area is 96.8 Å². The highest BCUT2D eigenvalue weighted by atomic mass is 16.5. The van der Waals surface area contributed by atoms with E-state index >= 15 is 0 Å². The summed E-state index contributed by atoms with van der Waals surface area (Å²) >= 11 is 0. The third-order valence-electron chi connectivity index (χ3n) is 2.59. The summed E-state index contributed by atoms with van der Waals surface area (Å²) in [7, 11) is 1.66. The van der Waals surface area contributed by atoms with E-state index in [9.17, 15) is 0 Å². The van der Waals surface area contributed by atoms with Crippen LogP contribution in [0.2, 0.25) is 0 Å². The molecule has 94 valence electrons. The Morgan fingerprint density at radius 1 is 1.62 bits per heavy atom. The van der Waals surface area contributed by atoms with Crippen molar-refractivity contribution in [1.29, 1.82) is 0 Å². The van der Waals surface area contributed by atoms with Gasteiger partial charge in [-0.05, 0) is 13.8 Å². The quantitative estimate of drug-likeness (QED) is 0.226. The standard InChI is InChI=1S/C10H22N4O2/c1-10(2)8-16-7-5-14(10)9(13-11)12-4-6-15-3/h4-8,11H2,1-3H3,(H,12,13). The largest absolute Gasteiger partial charge is 0.383 e. The van der Waals surface area contributed by atoms with E-state index in [1.807, 2.05) is 0 Å². The topological polar surface area (TPSA) is 72.1 Å². The van der Waals surface area contributed by atoms with Gasteiger partial charge >= 0.3 is 0 Å². The lowest BCUT2D eigenvalue weighted by Crippen LogP contribution is -2.60. The average Bonchev–Trinajstić information content (AvgIpc) is 2.25. The zero-order valence-electron chi connectivity index (χ0n) is 10.3. The molecular formula is C10H22N4O2. The van der Waals surface area contributed by atoms with E-state index in [0.717, 1.165) is 6.54 Å². The summed E-state index contributed by atoms with van der Waals surface area (Å²) in [5.74, 6) is 6.20. The number of ether oxygens (including phenoxy) is 2. The first-order valence-electron chi connectivity index (χ1n) is 5.47. The highest BCUT2D eigenvalue weighted by molar-refractivity contribution is 5.80. The zero-order valence-corrected chi connectivity index (χ0v) is 10.3. The van der Waals surface area contributed by atoms with Crippen molar-refractivity contribution in [3.05, 3.63) is 0 Å². The highest BCUT2D eigenvalue weighted by Crippen LogP contribution is 2.18.